The molecule has 4 aliphatic rings. The summed E-state index contributed by atoms with van der Waals surface area (Å²) in [4.78, 5) is 40.6. The number of amides is 2. The summed E-state index contributed by atoms with van der Waals surface area (Å²) >= 11 is 20.6. The number of thiazole rings is 2. The summed E-state index contributed by atoms with van der Waals surface area (Å²) in [6.45, 7) is 5.94. The maximum absolute atomic E-state index is 14.9. The molecule has 6 heterocycles. The first-order valence-electron chi connectivity index (χ1n) is 22.2. The van der Waals surface area contributed by atoms with Crippen molar-refractivity contribution in [2.45, 2.75) is 66.3 Å². The third-order valence-electron chi connectivity index (χ3n) is 13.0. The maximum Gasteiger partial charge on any atom is 0.269 e. The minimum atomic E-state index is -4.54. The number of likely N-dealkylation sites (tertiary alicyclic amines) is 2. The molecule has 0 bridgehead atoms. The molecule has 0 spiro atoms. The van der Waals surface area contributed by atoms with Crippen molar-refractivity contribution in [2.75, 3.05) is 58.5 Å². The van der Waals surface area contributed by atoms with Crippen molar-refractivity contribution >= 4 is 111 Å². The molecular weight excluding hydrogens is 1050 g/mol. The van der Waals surface area contributed by atoms with Crippen LogP contribution in [-0.4, -0.2) is 99.8 Å². The molecule has 2 aromatic heterocycles. The molecule has 4 fully saturated rings. The van der Waals surface area contributed by atoms with Crippen molar-refractivity contribution in [3.05, 3.63) is 139 Å². The first-order chi connectivity index (χ1) is 33.4. The third-order valence-corrected chi connectivity index (χ3v) is 18.3. The molecule has 368 valence electrons. The van der Waals surface area contributed by atoms with Crippen LogP contribution in [0, 0.1) is 18.6 Å². The molecule has 0 radical (unpaired) electrons. The molecule has 2 unspecified atom stereocenters. The van der Waals surface area contributed by atoms with Gasteiger partial charge < -0.3 is 9.80 Å². The summed E-state index contributed by atoms with van der Waals surface area (Å²) in [7, 11) is -8.26. The fraction of sp³-hybridized carbons (Fsp3) is 0.319. The molecule has 0 aliphatic carbocycles. The van der Waals surface area contributed by atoms with Gasteiger partial charge in [-0.2, -0.15) is 0 Å². The number of nitrogens with zero attached hydrogens (tertiary/aromatic N) is 6. The minimum absolute atomic E-state index is 0.0144. The fourth-order valence-electron chi connectivity index (χ4n) is 9.59. The Morgan fingerprint density at radius 1 is 0.614 bits per heavy atom. The standard InChI is InChI=1S/C24H25ClN4O3S2.C23H20Cl2F2N4O3S2/c1-16-14-17(2-7-21(16)25)18-8-11-28(15-18)22-9-12-29(23(22)30)19-3-5-20(6-4-19)34(31,32)27-24-26-10-13-33-24;24-15-7-14(8-16(25)9-15)13-1-4-30(12-13)20-2-5-31(22(20)32)17-10-18(26)21(19(27)11-17)36(33,34)29-23-28-3-6-35-23/h2-7,10,13-14,18,22H,8-9,11-12,15H2,1H3,(H,26,27);3,6-11,13,20H,1-2,4-5,12H2,(H,28,29)/t18?,22-;13?,20-/m00/s1. The maximum atomic E-state index is 14.9. The van der Waals surface area contributed by atoms with Crippen LogP contribution in [0.4, 0.5) is 30.4 Å². The predicted octanol–water partition coefficient (Wildman–Crippen LogP) is 9.62. The molecule has 23 heteroatoms. The Morgan fingerprint density at radius 3 is 1.64 bits per heavy atom. The monoisotopic (exact) mass is 1090 g/mol. The average Bonchev–Trinajstić information content (AvgIpc) is 4.17. The van der Waals surface area contributed by atoms with Gasteiger partial charge in [0.2, 0.25) is 11.8 Å². The van der Waals surface area contributed by atoms with Crippen molar-refractivity contribution in [1.29, 1.82) is 0 Å². The van der Waals surface area contributed by atoms with Gasteiger partial charge in [0, 0.05) is 75.8 Å². The number of rotatable bonds is 12. The van der Waals surface area contributed by atoms with E-state index in [9.17, 15) is 35.2 Å². The first kappa shape index (κ1) is 50.2. The lowest BCUT2D eigenvalue weighted by Crippen LogP contribution is -2.40. The van der Waals surface area contributed by atoms with Crippen molar-refractivity contribution in [2.24, 2.45) is 0 Å². The zero-order valence-corrected chi connectivity index (χ0v) is 42.8. The van der Waals surface area contributed by atoms with Crippen molar-refractivity contribution in [3.63, 3.8) is 0 Å². The van der Waals surface area contributed by atoms with Gasteiger partial charge in [-0.1, -0.05) is 46.9 Å². The second-order valence-corrected chi connectivity index (χ2v) is 23.7. The van der Waals surface area contributed by atoms with Gasteiger partial charge in [-0.3, -0.25) is 28.8 Å². The van der Waals surface area contributed by atoms with Crippen molar-refractivity contribution in [1.82, 2.24) is 19.8 Å². The molecule has 4 saturated heterocycles. The van der Waals surface area contributed by atoms with Gasteiger partial charge in [-0.05, 0) is 135 Å². The quantitative estimate of drug-likeness (QED) is 0.121. The Bertz CT molecular complexity index is 3100. The number of anilines is 4. The number of nitrogens with one attached hydrogen (secondary N) is 2. The van der Waals surface area contributed by atoms with Crippen LogP contribution in [-0.2, 0) is 29.6 Å². The molecule has 4 atom stereocenters. The minimum Gasteiger partial charge on any atom is -0.311 e. The van der Waals surface area contributed by atoms with Crippen LogP contribution in [0.15, 0.2) is 106 Å². The third kappa shape index (κ3) is 10.8. The first-order valence-corrected chi connectivity index (χ1v) is 28.1. The van der Waals surface area contributed by atoms with Gasteiger partial charge in [0.25, 0.3) is 20.0 Å². The lowest BCUT2D eigenvalue weighted by atomic mass is 9.97. The highest BCUT2D eigenvalue weighted by atomic mass is 35.5. The van der Waals surface area contributed by atoms with Crippen LogP contribution in [0.2, 0.25) is 15.1 Å². The van der Waals surface area contributed by atoms with E-state index in [0.29, 0.717) is 52.8 Å². The summed E-state index contributed by atoms with van der Waals surface area (Å²) in [5.74, 6) is -2.23. The summed E-state index contributed by atoms with van der Waals surface area (Å²) in [5.41, 5.74) is 4.04. The van der Waals surface area contributed by atoms with Crippen LogP contribution >= 0.6 is 57.5 Å². The highest BCUT2D eigenvalue weighted by Crippen LogP contribution is 2.37. The molecule has 0 saturated carbocycles. The second-order valence-electron chi connectivity index (χ2n) is 17.4. The van der Waals surface area contributed by atoms with E-state index in [1.54, 1.807) is 34.7 Å². The van der Waals surface area contributed by atoms with Crippen LogP contribution < -0.4 is 19.2 Å². The van der Waals surface area contributed by atoms with E-state index in [1.807, 2.05) is 25.1 Å². The molecule has 4 aliphatic heterocycles. The highest BCUT2D eigenvalue weighted by Gasteiger charge is 2.42. The smallest absolute Gasteiger partial charge is 0.269 e. The van der Waals surface area contributed by atoms with E-state index in [1.165, 1.54) is 45.5 Å². The predicted molar refractivity (Wildman–Crippen MR) is 271 cm³/mol. The zero-order chi connectivity index (χ0) is 49.5. The number of halogens is 5. The van der Waals surface area contributed by atoms with E-state index in [2.05, 4.69) is 41.3 Å². The summed E-state index contributed by atoms with van der Waals surface area (Å²) < 4.78 is 84.5. The Labute approximate surface area is 427 Å². The Kier molecular flexibility index (Phi) is 14.9. The average molecular weight is 1090 g/mol. The van der Waals surface area contributed by atoms with E-state index < -0.39 is 42.6 Å². The summed E-state index contributed by atoms with van der Waals surface area (Å²) in [6.07, 6.45) is 5.99. The number of benzene rings is 4. The fourth-order valence-corrected chi connectivity index (χ4v) is 13.9. The van der Waals surface area contributed by atoms with E-state index in [-0.39, 0.29) is 46.0 Å². The number of hydrogen-bond donors (Lipinski definition) is 2. The molecule has 2 N–H and O–H groups in total. The lowest BCUT2D eigenvalue weighted by molar-refractivity contribution is -0.122. The molecular formula is C47H45Cl3F2N8O6S4. The van der Waals surface area contributed by atoms with Gasteiger partial charge in [-0.25, -0.2) is 35.6 Å². The van der Waals surface area contributed by atoms with E-state index >= 15 is 0 Å². The van der Waals surface area contributed by atoms with Gasteiger partial charge in [0.1, 0.15) is 11.6 Å². The van der Waals surface area contributed by atoms with Gasteiger partial charge in [0.05, 0.1) is 17.0 Å². The van der Waals surface area contributed by atoms with Crippen LogP contribution in [0.25, 0.3) is 0 Å². The SMILES string of the molecule is Cc1cc(C2CCN([C@H]3CCN(c4ccc(S(=O)(=O)Nc5nccs5)cc4)C3=O)C2)ccc1Cl.O=C1[C@@H](N2CCC(c3cc(Cl)cc(Cl)c3)C2)CCN1c1cc(F)c(S(=O)(=O)Nc2nccs2)c(F)c1. The van der Waals surface area contributed by atoms with Crippen molar-refractivity contribution < 1.29 is 35.2 Å². The zero-order valence-electron chi connectivity index (χ0n) is 37.3. The van der Waals surface area contributed by atoms with Gasteiger partial charge in [0.15, 0.2) is 15.2 Å². The molecule has 70 heavy (non-hydrogen) atoms. The van der Waals surface area contributed by atoms with Crippen molar-refractivity contribution in [3.8, 4) is 0 Å². The normalized spacial score (nSPS) is 21.1. The van der Waals surface area contributed by atoms with E-state index in [0.717, 1.165) is 72.0 Å². The lowest BCUT2D eigenvalue weighted by Gasteiger charge is -2.24. The summed E-state index contributed by atoms with van der Waals surface area (Å²) in [5, 5.41) is 5.41. The number of aryl methyl sites for hydroxylation is 1. The Morgan fingerprint density at radius 2 is 1.13 bits per heavy atom. The van der Waals surface area contributed by atoms with Crippen LogP contribution in [0.5, 0.6) is 0 Å². The number of carbonyl (C=O) groups is 2. The number of aromatic nitrogens is 2. The molecule has 2 amide bonds. The second kappa shape index (κ2) is 20.8. The van der Waals surface area contributed by atoms with Crippen LogP contribution in [0.1, 0.15) is 54.2 Å². The van der Waals surface area contributed by atoms with Gasteiger partial charge in [-0.15, -0.1) is 22.7 Å². The number of carbonyl (C=O) groups excluding carboxylic acids is 2. The molecule has 10 rings (SSSR count). The molecule has 4 aromatic carbocycles. The Balaban J connectivity index is 0.000000174. The van der Waals surface area contributed by atoms with Gasteiger partial charge >= 0.3 is 0 Å². The molecule has 6 aromatic rings. The Hall–Kier alpha value is -4.77. The topological polar surface area (TPSA) is 165 Å². The largest absolute Gasteiger partial charge is 0.311 e. The highest BCUT2D eigenvalue weighted by molar-refractivity contribution is 7.93. The summed E-state index contributed by atoms with van der Waals surface area (Å²) in [6, 6.07) is 19.2. The van der Waals surface area contributed by atoms with Crippen LogP contribution in [0.3, 0.4) is 0 Å². The number of hydrogen-bond acceptors (Lipinski definition) is 12. The molecule has 14 nitrogen and oxygen atoms in total. The number of sulfonamides is 2. The van der Waals surface area contributed by atoms with E-state index in [4.69, 9.17) is 34.8 Å².